The molecule has 3 rings (SSSR count). The number of benzene rings is 2. The highest BCUT2D eigenvalue weighted by Gasteiger charge is 2.18. The number of fused-ring (bicyclic) bond motifs is 1. The Morgan fingerprint density at radius 1 is 1.08 bits per heavy atom. The van der Waals surface area contributed by atoms with Crippen molar-refractivity contribution in [3.63, 3.8) is 0 Å². The number of esters is 1. The molecule has 0 atom stereocenters. The Morgan fingerprint density at radius 2 is 1.83 bits per heavy atom. The van der Waals surface area contributed by atoms with Crippen LogP contribution in [0.15, 0.2) is 54.6 Å². The van der Waals surface area contributed by atoms with Gasteiger partial charge < -0.3 is 9.15 Å². The van der Waals surface area contributed by atoms with E-state index in [1.807, 2.05) is 0 Å². The Bertz CT molecular complexity index is 1030. The van der Waals surface area contributed by atoms with Gasteiger partial charge in [0, 0.05) is 14.9 Å². The second kappa shape index (κ2) is 6.88. The standard InChI is InChI=1S/C16H6Br2Cl2O4/c17-8-3-7-4-10(16(22)24-14(7)11(18)5-8)15(21)23-13-2-1-9(19)6-12(13)20/h1-6H. The van der Waals surface area contributed by atoms with Crippen molar-refractivity contribution in [2.75, 3.05) is 0 Å². The van der Waals surface area contributed by atoms with Crippen LogP contribution in [0, 0.1) is 0 Å². The van der Waals surface area contributed by atoms with E-state index in [0.29, 0.717) is 20.5 Å². The number of rotatable bonds is 2. The molecule has 0 bridgehead atoms. The van der Waals surface area contributed by atoms with Gasteiger partial charge in [-0.25, -0.2) is 9.59 Å². The van der Waals surface area contributed by atoms with E-state index < -0.39 is 11.6 Å². The highest BCUT2D eigenvalue weighted by Crippen LogP contribution is 2.30. The van der Waals surface area contributed by atoms with Gasteiger partial charge in [-0.05, 0) is 52.3 Å². The van der Waals surface area contributed by atoms with Crippen LogP contribution in [0.1, 0.15) is 10.4 Å². The lowest BCUT2D eigenvalue weighted by molar-refractivity contribution is 0.0730. The van der Waals surface area contributed by atoms with Crippen LogP contribution in [-0.2, 0) is 0 Å². The Hall–Kier alpha value is -1.34. The van der Waals surface area contributed by atoms with Gasteiger partial charge in [-0.1, -0.05) is 39.1 Å². The van der Waals surface area contributed by atoms with E-state index in [1.165, 1.54) is 24.3 Å². The molecule has 0 saturated heterocycles. The second-order valence-corrected chi connectivity index (χ2v) is 7.33. The van der Waals surface area contributed by atoms with Gasteiger partial charge in [0.1, 0.15) is 11.3 Å². The molecule has 122 valence electrons. The van der Waals surface area contributed by atoms with Gasteiger partial charge in [-0.3, -0.25) is 0 Å². The zero-order valence-electron chi connectivity index (χ0n) is 11.6. The van der Waals surface area contributed by atoms with Crippen molar-refractivity contribution in [3.8, 4) is 5.75 Å². The molecule has 0 fully saturated rings. The highest BCUT2D eigenvalue weighted by atomic mass is 79.9. The van der Waals surface area contributed by atoms with Crippen LogP contribution in [0.5, 0.6) is 5.75 Å². The molecule has 0 aliphatic carbocycles. The van der Waals surface area contributed by atoms with Crippen molar-refractivity contribution < 1.29 is 13.9 Å². The van der Waals surface area contributed by atoms with E-state index in [4.69, 9.17) is 32.4 Å². The summed E-state index contributed by atoms with van der Waals surface area (Å²) in [7, 11) is 0. The molecule has 0 amide bonds. The summed E-state index contributed by atoms with van der Waals surface area (Å²) in [5.74, 6) is -0.771. The van der Waals surface area contributed by atoms with Crippen LogP contribution in [-0.4, -0.2) is 5.97 Å². The van der Waals surface area contributed by atoms with Crippen molar-refractivity contribution >= 4 is 72.0 Å². The molecular weight excluding hydrogens is 487 g/mol. The number of carbonyl (C=O) groups is 1. The number of ether oxygens (including phenoxy) is 1. The topological polar surface area (TPSA) is 56.5 Å². The maximum atomic E-state index is 12.3. The van der Waals surface area contributed by atoms with Crippen LogP contribution < -0.4 is 10.4 Å². The lowest BCUT2D eigenvalue weighted by Crippen LogP contribution is -2.18. The number of carbonyl (C=O) groups excluding carboxylic acids is 1. The fourth-order valence-corrected chi connectivity index (χ4v) is 3.80. The Kier molecular flexibility index (Phi) is 5.01. The average molecular weight is 493 g/mol. The molecule has 0 radical (unpaired) electrons. The largest absolute Gasteiger partial charge is 0.421 e. The van der Waals surface area contributed by atoms with Gasteiger partial charge in [0.15, 0.2) is 5.58 Å². The molecule has 0 unspecified atom stereocenters. The van der Waals surface area contributed by atoms with Gasteiger partial charge >= 0.3 is 11.6 Å². The van der Waals surface area contributed by atoms with Gasteiger partial charge in [0.25, 0.3) is 0 Å². The summed E-state index contributed by atoms with van der Waals surface area (Å²) < 4.78 is 11.7. The Balaban J connectivity index is 2.03. The fourth-order valence-electron chi connectivity index (χ4n) is 2.01. The van der Waals surface area contributed by atoms with E-state index in [9.17, 15) is 9.59 Å². The van der Waals surface area contributed by atoms with E-state index in [2.05, 4.69) is 31.9 Å². The van der Waals surface area contributed by atoms with Gasteiger partial charge in [0.2, 0.25) is 0 Å². The molecule has 0 aliphatic rings. The minimum Gasteiger partial charge on any atom is -0.421 e. The molecule has 4 nitrogen and oxygen atoms in total. The van der Waals surface area contributed by atoms with Gasteiger partial charge in [0.05, 0.1) is 9.50 Å². The summed E-state index contributed by atoms with van der Waals surface area (Å²) in [5, 5.41) is 1.12. The van der Waals surface area contributed by atoms with Gasteiger partial charge in [-0.15, -0.1) is 0 Å². The molecule has 3 aromatic rings. The molecule has 8 heteroatoms. The third-order valence-electron chi connectivity index (χ3n) is 3.07. The van der Waals surface area contributed by atoms with E-state index in [1.54, 1.807) is 12.1 Å². The zero-order valence-corrected chi connectivity index (χ0v) is 16.3. The summed E-state index contributed by atoms with van der Waals surface area (Å²) in [6.07, 6.45) is 0. The molecule has 0 N–H and O–H groups in total. The first-order valence-corrected chi connectivity index (χ1v) is 8.79. The maximum absolute atomic E-state index is 12.3. The molecule has 1 aromatic heterocycles. The highest BCUT2D eigenvalue weighted by molar-refractivity contribution is 9.11. The minimum atomic E-state index is -0.869. The molecule has 0 aliphatic heterocycles. The van der Waals surface area contributed by atoms with E-state index in [-0.39, 0.29) is 16.3 Å². The van der Waals surface area contributed by atoms with Crippen molar-refractivity contribution in [2.24, 2.45) is 0 Å². The first kappa shape index (κ1) is 17.5. The number of hydrogen-bond donors (Lipinski definition) is 0. The predicted octanol–water partition coefficient (Wildman–Crippen LogP) is 5.84. The van der Waals surface area contributed by atoms with Crippen LogP contribution in [0.4, 0.5) is 0 Å². The molecule has 0 spiro atoms. The summed E-state index contributed by atoms with van der Waals surface area (Å²) in [5.41, 5.74) is -0.705. The van der Waals surface area contributed by atoms with Crippen LogP contribution >= 0.6 is 55.1 Å². The first-order valence-electron chi connectivity index (χ1n) is 6.45. The summed E-state index contributed by atoms with van der Waals surface area (Å²) in [6.45, 7) is 0. The van der Waals surface area contributed by atoms with Crippen LogP contribution in [0.2, 0.25) is 10.0 Å². The normalized spacial score (nSPS) is 10.8. The third kappa shape index (κ3) is 3.52. The summed E-state index contributed by atoms with van der Waals surface area (Å²) >= 11 is 18.4. The monoisotopic (exact) mass is 490 g/mol. The maximum Gasteiger partial charge on any atom is 0.351 e. The number of halogens is 4. The minimum absolute atomic E-state index is 0.0981. The second-order valence-electron chi connectivity index (χ2n) is 4.72. The average Bonchev–Trinajstić information content (AvgIpc) is 2.50. The van der Waals surface area contributed by atoms with Crippen molar-refractivity contribution in [2.45, 2.75) is 0 Å². The first-order chi connectivity index (χ1) is 11.3. The summed E-state index contributed by atoms with van der Waals surface area (Å²) in [6, 6.07) is 9.25. The smallest absolute Gasteiger partial charge is 0.351 e. The van der Waals surface area contributed by atoms with E-state index in [0.717, 1.165) is 4.47 Å². The molecule has 2 aromatic carbocycles. The fraction of sp³-hybridized carbons (Fsp3) is 0. The van der Waals surface area contributed by atoms with Crippen molar-refractivity contribution in [1.82, 2.24) is 0 Å². The van der Waals surface area contributed by atoms with Crippen LogP contribution in [0.3, 0.4) is 0 Å². The van der Waals surface area contributed by atoms with Crippen LogP contribution in [0.25, 0.3) is 11.0 Å². The molecule has 1 heterocycles. The molecule has 24 heavy (non-hydrogen) atoms. The Labute approximate surface area is 162 Å². The third-order valence-corrected chi connectivity index (χ3v) is 4.65. The molecular formula is C16H6Br2Cl2O4. The summed E-state index contributed by atoms with van der Waals surface area (Å²) in [4.78, 5) is 24.4. The Morgan fingerprint density at radius 3 is 2.54 bits per heavy atom. The molecule has 0 saturated carbocycles. The van der Waals surface area contributed by atoms with Gasteiger partial charge in [-0.2, -0.15) is 0 Å². The van der Waals surface area contributed by atoms with E-state index >= 15 is 0 Å². The lowest BCUT2D eigenvalue weighted by atomic mass is 10.2. The SMILES string of the molecule is O=C(Oc1ccc(Cl)cc1Cl)c1cc2cc(Br)cc(Br)c2oc1=O. The number of hydrogen-bond acceptors (Lipinski definition) is 4. The van der Waals surface area contributed by atoms with Crippen molar-refractivity contribution in [3.05, 3.63) is 71.4 Å². The zero-order chi connectivity index (χ0) is 17.4. The predicted molar refractivity (Wildman–Crippen MR) is 99.3 cm³/mol. The lowest BCUT2D eigenvalue weighted by Gasteiger charge is -2.07. The van der Waals surface area contributed by atoms with Crippen molar-refractivity contribution in [1.29, 1.82) is 0 Å². The quantitative estimate of drug-likeness (QED) is 0.256.